The predicted octanol–water partition coefficient (Wildman–Crippen LogP) is 3.76. The molecule has 0 saturated carbocycles. The van der Waals surface area contributed by atoms with Crippen LogP contribution in [0.1, 0.15) is 31.7 Å². The van der Waals surface area contributed by atoms with Gasteiger partial charge in [0.1, 0.15) is 5.75 Å². The van der Waals surface area contributed by atoms with E-state index in [1.807, 2.05) is 62.4 Å². The number of urea groups is 1. The lowest BCUT2D eigenvalue weighted by Crippen LogP contribution is -2.33. The van der Waals surface area contributed by atoms with E-state index in [2.05, 4.69) is 10.6 Å². The molecule has 1 atom stereocenters. The lowest BCUT2D eigenvalue weighted by Gasteiger charge is -2.18. The van der Waals surface area contributed by atoms with Crippen LogP contribution in [0.15, 0.2) is 54.6 Å². The maximum absolute atomic E-state index is 12.3. The Labute approximate surface area is 149 Å². The number of hydrogen-bond donors (Lipinski definition) is 3. The summed E-state index contributed by atoms with van der Waals surface area (Å²) in [6, 6.07) is 16.9. The number of ether oxygens (including phenoxy) is 1. The van der Waals surface area contributed by atoms with Gasteiger partial charge >= 0.3 is 6.03 Å². The molecule has 5 heteroatoms. The first-order valence-electron chi connectivity index (χ1n) is 8.56. The maximum atomic E-state index is 12.3. The van der Waals surface area contributed by atoms with Gasteiger partial charge in [0.05, 0.1) is 11.8 Å². The lowest BCUT2D eigenvalue weighted by molar-refractivity contribution is 0.241. The summed E-state index contributed by atoms with van der Waals surface area (Å²) in [5, 5.41) is 15.0. The average Bonchev–Trinajstić information content (AvgIpc) is 2.60. The molecule has 0 bridgehead atoms. The number of aliphatic hydroxyl groups excluding tert-OH is 1. The van der Waals surface area contributed by atoms with Crippen molar-refractivity contribution in [2.24, 2.45) is 0 Å². The van der Waals surface area contributed by atoms with E-state index in [-0.39, 0.29) is 24.7 Å². The van der Waals surface area contributed by atoms with Crippen molar-refractivity contribution >= 4 is 11.7 Å². The van der Waals surface area contributed by atoms with E-state index in [9.17, 15) is 9.90 Å². The molecule has 0 aliphatic carbocycles. The van der Waals surface area contributed by atoms with Crippen molar-refractivity contribution in [1.82, 2.24) is 5.32 Å². The smallest absolute Gasteiger partial charge is 0.319 e. The minimum Gasteiger partial charge on any atom is -0.489 e. The molecule has 0 radical (unpaired) electrons. The molecule has 0 heterocycles. The number of benzene rings is 2. The first-order valence-corrected chi connectivity index (χ1v) is 8.56. The van der Waals surface area contributed by atoms with Crippen LogP contribution in [0, 0.1) is 0 Å². The molecule has 2 amide bonds. The van der Waals surface area contributed by atoms with Crippen LogP contribution in [0.2, 0.25) is 0 Å². The van der Waals surface area contributed by atoms with E-state index in [1.165, 1.54) is 0 Å². The molecule has 2 rings (SSSR count). The molecule has 2 aromatic carbocycles. The molecule has 0 saturated heterocycles. The van der Waals surface area contributed by atoms with Crippen LogP contribution >= 0.6 is 0 Å². The topological polar surface area (TPSA) is 70.6 Å². The van der Waals surface area contributed by atoms with E-state index in [0.29, 0.717) is 24.4 Å². The Kier molecular flexibility index (Phi) is 7.29. The van der Waals surface area contributed by atoms with Crippen molar-refractivity contribution < 1.29 is 14.6 Å². The fraction of sp³-hybridized carbons (Fsp3) is 0.350. The highest BCUT2D eigenvalue weighted by Gasteiger charge is 2.13. The number of hydrogen-bond acceptors (Lipinski definition) is 3. The fourth-order valence-electron chi connectivity index (χ4n) is 2.58. The highest BCUT2D eigenvalue weighted by Crippen LogP contribution is 2.25. The summed E-state index contributed by atoms with van der Waals surface area (Å²) in [6.07, 6.45) is 0.621. The summed E-state index contributed by atoms with van der Waals surface area (Å²) in [5.74, 6) is 0.710. The maximum Gasteiger partial charge on any atom is 0.319 e. The fourth-order valence-corrected chi connectivity index (χ4v) is 2.58. The Balaban J connectivity index is 1.95. The van der Waals surface area contributed by atoms with Gasteiger partial charge in [-0.05, 0) is 38.0 Å². The van der Waals surface area contributed by atoms with Gasteiger partial charge < -0.3 is 20.5 Å². The lowest BCUT2D eigenvalue weighted by atomic mass is 9.96. The third kappa shape index (κ3) is 6.12. The van der Waals surface area contributed by atoms with Gasteiger partial charge in [-0.1, -0.05) is 42.5 Å². The Morgan fingerprint density at radius 3 is 2.44 bits per heavy atom. The number of rotatable bonds is 8. The number of para-hydroxylation sites is 2. The van der Waals surface area contributed by atoms with Crippen LogP contribution in [-0.2, 0) is 0 Å². The zero-order valence-electron chi connectivity index (χ0n) is 14.7. The minimum absolute atomic E-state index is 0.0260. The average molecular weight is 342 g/mol. The number of nitrogens with one attached hydrogen (secondary N) is 2. The molecule has 0 fully saturated rings. The van der Waals surface area contributed by atoms with Gasteiger partial charge in [-0.3, -0.25) is 0 Å². The van der Waals surface area contributed by atoms with Crippen LogP contribution in [0.25, 0.3) is 0 Å². The molecule has 2 aromatic rings. The van der Waals surface area contributed by atoms with Gasteiger partial charge in [-0.25, -0.2) is 4.79 Å². The Morgan fingerprint density at radius 1 is 1.08 bits per heavy atom. The zero-order chi connectivity index (χ0) is 18.1. The van der Waals surface area contributed by atoms with Crippen molar-refractivity contribution in [2.45, 2.75) is 32.3 Å². The van der Waals surface area contributed by atoms with E-state index < -0.39 is 0 Å². The highest BCUT2D eigenvalue weighted by atomic mass is 16.5. The molecule has 1 unspecified atom stereocenters. The van der Waals surface area contributed by atoms with Crippen molar-refractivity contribution in [3.05, 3.63) is 60.2 Å². The summed E-state index contributed by atoms with van der Waals surface area (Å²) < 4.78 is 5.70. The second kappa shape index (κ2) is 9.69. The molecular formula is C20H26N2O3. The van der Waals surface area contributed by atoms with Crippen molar-refractivity contribution in [3.8, 4) is 5.75 Å². The summed E-state index contributed by atoms with van der Waals surface area (Å²) in [7, 11) is 0. The van der Waals surface area contributed by atoms with E-state index in [1.54, 1.807) is 6.07 Å². The number of aliphatic hydroxyl groups is 1. The summed E-state index contributed by atoms with van der Waals surface area (Å²) in [5.41, 5.74) is 1.73. The SMILES string of the molecule is CC(C)Oc1ccccc1NC(=O)NCC(CCO)c1ccccc1. The molecular weight excluding hydrogens is 316 g/mol. The molecule has 3 N–H and O–H groups in total. The Bertz CT molecular complexity index is 659. The van der Waals surface area contributed by atoms with Crippen LogP contribution in [0.5, 0.6) is 5.75 Å². The van der Waals surface area contributed by atoms with E-state index in [0.717, 1.165) is 5.56 Å². The van der Waals surface area contributed by atoms with Crippen molar-refractivity contribution in [2.75, 3.05) is 18.5 Å². The van der Waals surface area contributed by atoms with Crippen LogP contribution in [0.3, 0.4) is 0 Å². The highest BCUT2D eigenvalue weighted by molar-refractivity contribution is 5.90. The monoisotopic (exact) mass is 342 g/mol. The molecule has 134 valence electrons. The van der Waals surface area contributed by atoms with Gasteiger partial charge in [-0.15, -0.1) is 0 Å². The number of carbonyl (C=O) groups excluding carboxylic acids is 1. The van der Waals surface area contributed by atoms with E-state index >= 15 is 0 Å². The predicted molar refractivity (Wildman–Crippen MR) is 100 cm³/mol. The standard InChI is InChI=1S/C20H26N2O3/c1-15(2)25-19-11-7-6-10-18(19)22-20(24)21-14-17(12-13-23)16-8-4-3-5-9-16/h3-11,15,17,23H,12-14H2,1-2H3,(H2,21,22,24). The minimum atomic E-state index is -0.293. The zero-order valence-corrected chi connectivity index (χ0v) is 14.7. The molecule has 0 aliphatic heterocycles. The first kappa shape index (κ1) is 18.8. The second-order valence-corrected chi connectivity index (χ2v) is 6.12. The summed E-state index contributed by atoms with van der Waals surface area (Å²) in [6.45, 7) is 4.41. The van der Waals surface area contributed by atoms with Crippen LogP contribution in [-0.4, -0.2) is 30.4 Å². The molecule has 0 aliphatic rings. The van der Waals surface area contributed by atoms with E-state index in [4.69, 9.17) is 4.74 Å². The van der Waals surface area contributed by atoms with Gasteiger partial charge in [0.25, 0.3) is 0 Å². The van der Waals surface area contributed by atoms with Crippen molar-refractivity contribution in [3.63, 3.8) is 0 Å². The Morgan fingerprint density at radius 2 is 1.76 bits per heavy atom. The number of anilines is 1. The molecule has 0 aromatic heterocycles. The molecule has 0 spiro atoms. The van der Waals surface area contributed by atoms with Gasteiger partial charge in [0.15, 0.2) is 0 Å². The largest absolute Gasteiger partial charge is 0.489 e. The van der Waals surface area contributed by atoms with Gasteiger partial charge in [0, 0.05) is 19.1 Å². The van der Waals surface area contributed by atoms with Crippen LogP contribution in [0.4, 0.5) is 10.5 Å². The second-order valence-electron chi connectivity index (χ2n) is 6.12. The molecule has 5 nitrogen and oxygen atoms in total. The number of amides is 2. The first-order chi connectivity index (χ1) is 12.1. The number of carbonyl (C=O) groups is 1. The van der Waals surface area contributed by atoms with Gasteiger partial charge in [0.2, 0.25) is 0 Å². The summed E-state index contributed by atoms with van der Waals surface area (Å²) >= 11 is 0. The molecule has 25 heavy (non-hydrogen) atoms. The third-order valence-electron chi connectivity index (χ3n) is 3.76. The quantitative estimate of drug-likeness (QED) is 0.684. The Hall–Kier alpha value is -2.53. The van der Waals surface area contributed by atoms with Gasteiger partial charge in [-0.2, -0.15) is 0 Å². The van der Waals surface area contributed by atoms with Crippen molar-refractivity contribution in [1.29, 1.82) is 0 Å². The van der Waals surface area contributed by atoms with Crippen LogP contribution < -0.4 is 15.4 Å². The third-order valence-corrected chi connectivity index (χ3v) is 3.76. The normalized spacial score (nSPS) is 11.8. The summed E-state index contributed by atoms with van der Waals surface area (Å²) in [4.78, 5) is 12.3.